The summed E-state index contributed by atoms with van der Waals surface area (Å²) in [6, 6.07) is 8.00. The highest BCUT2D eigenvalue weighted by atomic mass is 16.2. The van der Waals surface area contributed by atoms with E-state index in [-0.39, 0.29) is 6.54 Å². The summed E-state index contributed by atoms with van der Waals surface area (Å²) in [5, 5.41) is 0. The van der Waals surface area contributed by atoms with Crippen LogP contribution < -0.4 is 0 Å². The van der Waals surface area contributed by atoms with Crippen molar-refractivity contribution in [3.8, 4) is 11.8 Å². The predicted molar refractivity (Wildman–Crippen MR) is 72.3 cm³/mol. The standard InChI is InChI=1S/C15H14N2O3/c1-3-4-10-16-13(18)14(19)17(15(16)20)11(2)12-8-6-5-7-9-12/h5-9,11H,10H2,1-2H3. The number of imide groups is 2. The Morgan fingerprint density at radius 2 is 1.75 bits per heavy atom. The molecule has 5 nitrogen and oxygen atoms in total. The summed E-state index contributed by atoms with van der Waals surface area (Å²) in [6.07, 6.45) is 0. The number of rotatable bonds is 3. The number of carbonyl (C=O) groups is 3. The van der Waals surface area contributed by atoms with Gasteiger partial charge in [0, 0.05) is 0 Å². The van der Waals surface area contributed by atoms with Crippen LogP contribution >= 0.6 is 0 Å². The van der Waals surface area contributed by atoms with Gasteiger partial charge in [-0.05, 0) is 19.4 Å². The largest absolute Gasteiger partial charge is 0.335 e. The highest BCUT2D eigenvalue weighted by Gasteiger charge is 2.46. The zero-order valence-electron chi connectivity index (χ0n) is 11.3. The maximum absolute atomic E-state index is 12.2. The maximum atomic E-state index is 12.2. The fourth-order valence-corrected chi connectivity index (χ4v) is 2.04. The second kappa shape index (κ2) is 5.57. The van der Waals surface area contributed by atoms with Crippen molar-refractivity contribution in [2.24, 2.45) is 0 Å². The van der Waals surface area contributed by atoms with Crippen molar-refractivity contribution in [3.63, 3.8) is 0 Å². The highest BCUT2D eigenvalue weighted by molar-refractivity contribution is 6.44. The van der Waals surface area contributed by atoms with Gasteiger partial charge in [-0.3, -0.25) is 9.59 Å². The number of urea groups is 1. The van der Waals surface area contributed by atoms with Crippen LogP contribution in [0, 0.1) is 11.8 Å². The number of hydrogen-bond donors (Lipinski definition) is 0. The van der Waals surface area contributed by atoms with E-state index in [1.54, 1.807) is 13.8 Å². The first-order valence-electron chi connectivity index (χ1n) is 6.21. The molecule has 20 heavy (non-hydrogen) atoms. The van der Waals surface area contributed by atoms with Gasteiger partial charge in [0.25, 0.3) is 0 Å². The van der Waals surface area contributed by atoms with E-state index in [4.69, 9.17) is 0 Å². The SMILES string of the molecule is CC#CCN1C(=O)C(=O)N(C(C)c2ccccc2)C1=O. The van der Waals surface area contributed by atoms with Gasteiger partial charge in [-0.15, -0.1) is 5.92 Å². The third-order valence-electron chi connectivity index (χ3n) is 3.17. The Kier molecular flexibility index (Phi) is 3.85. The molecule has 1 aromatic carbocycles. The van der Waals surface area contributed by atoms with Crippen molar-refractivity contribution in [3.05, 3.63) is 35.9 Å². The molecular weight excluding hydrogens is 256 g/mol. The Morgan fingerprint density at radius 1 is 1.10 bits per heavy atom. The first kappa shape index (κ1) is 13.8. The van der Waals surface area contributed by atoms with E-state index in [0.717, 1.165) is 15.4 Å². The van der Waals surface area contributed by atoms with Gasteiger partial charge in [0.1, 0.15) is 0 Å². The molecule has 1 fully saturated rings. The van der Waals surface area contributed by atoms with E-state index >= 15 is 0 Å². The van der Waals surface area contributed by atoms with Crippen molar-refractivity contribution in [2.75, 3.05) is 6.54 Å². The summed E-state index contributed by atoms with van der Waals surface area (Å²) in [5.74, 6) is 3.61. The molecule has 0 aliphatic carbocycles. The third kappa shape index (κ3) is 2.28. The minimum atomic E-state index is -0.819. The van der Waals surface area contributed by atoms with Crippen LogP contribution in [0.2, 0.25) is 0 Å². The molecule has 0 aromatic heterocycles. The molecule has 102 valence electrons. The molecule has 4 amide bonds. The fourth-order valence-electron chi connectivity index (χ4n) is 2.04. The molecule has 1 heterocycles. The van der Waals surface area contributed by atoms with Gasteiger partial charge in [-0.25, -0.2) is 14.6 Å². The quantitative estimate of drug-likeness (QED) is 0.476. The average molecular weight is 270 g/mol. The monoisotopic (exact) mass is 270 g/mol. The van der Waals surface area contributed by atoms with Crippen molar-refractivity contribution >= 4 is 17.8 Å². The molecule has 0 radical (unpaired) electrons. The second-order valence-electron chi connectivity index (χ2n) is 4.36. The van der Waals surface area contributed by atoms with Crippen molar-refractivity contribution in [1.29, 1.82) is 0 Å². The van der Waals surface area contributed by atoms with Gasteiger partial charge >= 0.3 is 17.8 Å². The van der Waals surface area contributed by atoms with Gasteiger partial charge in [0.15, 0.2) is 0 Å². The van der Waals surface area contributed by atoms with Crippen LogP contribution in [0.3, 0.4) is 0 Å². The second-order valence-corrected chi connectivity index (χ2v) is 4.36. The summed E-state index contributed by atoms with van der Waals surface area (Å²) in [6.45, 7) is 3.27. The molecule has 0 spiro atoms. The number of hydrogen-bond acceptors (Lipinski definition) is 3. The molecule has 1 aliphatic rings. The molecule has 0 saturated carbocycles. The van der Waals surface area contributed by atoms with Crippen LogP contribution in [0.4, 0.5) is 4.79 Å². The molecule has 5 heteroatoms. The van der Waals surface area contributed by atoms with Crippen LogP contribution in [-0.2, 0) is 9.59 Å². The number of nitrogens with zero attached hydrogens (tertiary/aromatic N) is 2. The lowest BCUT2D eigenvalue weighted by Gasteiger charge is -2.21. The van der Waals surface area contributed by atoms with Crippen LogP contribution in [0.1, 0.15) is 25.5 Å². The Bertz CT molecular complexity index is 613. The van der Waals surface area contributed by atoms with E-state index < -0.39 is 23.9 Å². The summed E-state index contributed by atoms with van der Waals surface area (Å²) >= 11 is 0. The normalized spacial score (nSPS) is 16.2. The lowest BCUT2D eigenvalue weighted by atomic mass is 10.1. The molecule has 1 aliphatic heterocycles. The fraction of sp³-hybridized carbons (Fsp3) is 0.267. The molecule has 1 unspecified atom stereocenters. The Labute approximate surface area is 117 Å². The summed E-state index contributed by atoms with van der Waals surface area (Å²) in [5.41, 5.74) is 0.797. The molecule has 1 aromatic rings. The summed E-state index contributed by atoms with van der Waals surface area (Å²) in [4.78, 5) is 37.8. The van der Waals surface area contributed by atoms with Gasteiger partial charge in [-0.1, -0.05) is 36.3 Å². The first-order valence-corrected chi connectivity index (χ1v) is 6.21. The number of amides is 4. The first-order chi connectivity index (χ1) is 9.57. The lowest BCUT2D eigenvalue weighted by Crippen LogP contribution is -2.35. The molecule has 0 bridgehead atoms. The average Bonchev–Trinajstić information content (AvgIpc) is 2.68. The Morgan fingerprint density at radius 3 is 2.35 bits per heavy atom. The number of carbonyl (C=O) groups excluding carboxylic acids is 3. The minimum absolute atomic E-state index is 0.0576. The highest BCUT2D eigenvalue weighted by Crippen LogP contribution is 2.25. The lowest BCUT2D eigenvalue weighted by molar-refractivity contribution is -0.143. The Hall–Kier alpha value is -2.61. The van der Waals surface area contributed by atoms with E-state index in [1.807, 2.05) is 30.3 Å². The zero-order valence-corrected chi connectivity index (χ0v) is 11.3. The summed E-state index contributed by atoms with van der Waals surface area (Å²) < 4.78 is 0. The van der Waals surface area contributed by atoms with Crippen LogP contribution in [0.15, 0.2) is 30.3 Å². The molecule has 2 rings (SSSR count). The molecular formula is C15H14N2O3. The van der Waals surface area contributed by atoms with Crippen molar-refractivity contribution in [1.82, 2.24) is 9.80 Å². The predicted octanol–water partition coefficient (Wildman–Crippen LogP) is 1.56. The molecule has 1 saturated heterocycles. The van der Waals surface area contributed by atoms with E-state index in [9.17, 15) is 14.4 Å². The Balaban J connectivity index is 2.28. The van der Waals surface area contributed by atoms with Gasteiger partial charge in [-0.2, -0.15) is 0 Å². The van der Waals surface area contributed by atoms with Gasteiger partial charge < -0.3 is 0 Å². The van der Waals surface area contributed by atoms with Crippen LogP contribution in [-0.4, -0.2) is 34.2 Å². The van der Waals surface area contributed by atoms with Crippen molar-refractivity contribution in [2.45, 2.75) is 19.9 Å². The summed E-state index contributed by atoms with van der Waals surface area (Å²) in [7, 11) is 0. The number of benzene rings is 1. The maximum Gasteiger partial charge on any atom is 0.335 e. The smallest absolute Gasteiger partial charge is 0.263 e. The topological polar surface area (TPSA) is 57.7 Å². The van der Waals surface area contributed by atoms with Crippen LogP contribution in [0.25, 0.3) is 0 Å². The van der Waals surface area contributed by atoms with E-state index in [0.29, 0.717) is 0 Å². The van der Waals surface area contributed by atoms with Crippen LogP contribution in [0.5, 0.6) is 0 Å². The zero-order chi connectivity index (χ0) is 14.7. The minimum Gasteiger partial charge on any atom is -0.263 e. The van der Waals surface area contributed by atoms with E-state index in [1.165, 1.54) is 0 Å². The van der Waals surface area contributed by atoms with Gasteiger partial charge in [0.05, 0.1) is 12.6 Å². The molecule has 0 N–H and O–H groups in total. The molecule has 1 atom stereocenters. The van der Waals surface area contributed by atoms with Gasteiger partial charge in [0.2, 0.25) is 0 Å². The van der Waals surface area contributed by atoms with E-state index in [2.05, 4.69) is 11.8 Å². The third-order valence-corrected chi connectivity index (χ3v) is 3.17. The van der Waals surface area contributed by atoms with Crippen molar-refractivity contribution < 1.29 is 14.4 Å².